The van der Waals surface area contributed by atoms with E-state index in [-0.39, 0.29) is 22.1 Å². The Hall–Kier alpha value is -3.22. The van der Waals surface area contributed by atoms with Crippen molar-refractivity contribution in [2.45, 2.75) is 20.0 Å². The molecule has 7 heteroatoms. The summed E-state index contributed by atoms with van der Waals surface area (Å²) in [6.07, 6.45) is 4.91. The molecule has 0 bridgehead atoms. The van der Waals surface area contributed by atoms with E-state index in [1.54, 1.807) is 12.3 Å². The summed E-state index contributed by atoms with van der Waals surface area (Å²) in [6, 6.07) is 10.1. The number of aryl methyl sites for hydroxylation is 1. The molecule has 0 amide bonds. The minimum atomic E-state index is -0.517. The molecular weight excluding hydrogens is 419 g/mol. The Morgan fingerprint density at radius 3 is 2.94 bits per heavy atom. The van der Waals surface area contributed by atoms with E-state index in [4.69, 9.17) is 21.1 Å². The third-order valence-electron chi connectivity index (χ3n) is 5.39. The molecule has 0 aliphatic carbocycles. The van der Waals surface area contributed by atoms with Crippen LogP contribution in [0.1, 0.15) is 32.6 Å². The summed E-state index contributed by atoms with van der Waals surface area (Å²) in [4.78, 5) is 19.3. The molecule has 0 unspecified atom stereocenters. The zero-order valence-electron chi connectivity index (χ0n) is 16.7. The maximum Gasteiger partial charge on any atom is 0.232 e. The summed E-state index contributed by atoms with van der Waals surface area (Å²) in [5.74, 6) is 0.394. The second kappa shape index (κ2) is 7.80. The number of hydrogen-bond donors (Lipinski definition) is 0. The van der Waals surface area contributed by atoms with Crippen LogP contribution in [0, 0.1) is 12.7 Å². The van der Waals surface area contributed by atoms with Gasteiger partial charge in [-0.3, -0.25) is 14.7 Å². The number of fused-ring (bicyclic) bond motifs is 3. The Balaban J connectivity index is 1.50. The molecule has 2 aliphatic rings. The number of ketones is 1. The van der Waals surface area contributed by atoms with E-state index in [9.17, 15) is 9.18 Å². The monoisotopic (exact) mass is 436 g/mol. The molecule has 2 aliphatic heterocycles. The molecule has 0 saturated carbocycles. The van der Waals surface area contributed by atoms with Crippen LogP contribution in [0.15, 0.2) is 54.6 Å². The van der Waals surface area contributed by atoms with Gasteiger partial charge in [-0.15, -0.1) is 0 Å². The van der Waals surface area contributed by atoms with Gasteiger partial charge in [0.1, 0.15) is 24.0 Å². The number of Topliss-reactive ketones (excluding diaryl/α,β-unsaturated/α-hetero) is 1. The smallest absolute Gasteiger partial charge is 0.232 e. The number of nitrogens with zero attached hydrogens (tertiary/aromatic N) is 2. The van der Waals surface area contributed by atoms with Crippen LogP contribution in [0.3, 0.4) is 0 Å². The highest BCUT2D eigenvalue weighted by Crippen LogP contribution is 2.44. The lowest BCUT2D eigenvalue weighted by Crippen LogP contribution is -2.31. The van der Waals surface area contributed by atoms with E-state index in [1.807, 2.05) is 31.3 Å². The summed E-state index contributed by atoms with van der Waals surface area (Å²) >= 11 is 6.13. The maximum absolute atomic E-state index is 14.2. The van der Waals surface area contributed by atoms with E-state index in [2.05, 4.69) is 9.88 Å². The standard InChI is InChI=1S/C24H18ClFN2O3/c1-14-8-20-17(12-28(13-30-20)11-15-4-3-7-27-10-15)24-22(14)23(29)21(31-24)9-16-18(25)5-2-6-19(16)26/h2-10H,11-13H2,1H3/b21-9-. The summed E-state index contributed by atoms with van der Waals surface area (Å²) in [5.41, 5.74) is 3.21. The summed E-state index contributed by atoms with van der Waals surface area (Å²) in [5, 5.41) is 0.213. The molecule has 0 radical (unpaired) electrons. The number of rotatable bonds is 3. The first-order valence-electron chi connectivity index (χ1n) is 9.80. The fourth-order valence-electron chi connectivity index (χ4n) is 3.91. The Morgan fingerprint density at radius 2 is 2.16 bits per heavy atom. The van der Waals surface area contributed by atoms with E-state index >= 15 is 0 Å². The maximum atomic E-state index is 14.2. The van der Waals surface area contributed by atoms with E-state index < -0.39 is 5.82 Å². The molecule has 2 aromatic carbocycles. The molecular formula is C24H18ClFN2O3. The molecule has 5 rings (SSSR count). The summed E-state index contributed by atoms with van der Waals surface area (Å²) in [7, 11) is 0. The van der Waals surface area contributed by atoms with Gasteiger partial charge in [0.15, 0.2) is 5.76 Å². The predicted octanol–water partition coefficient (Wildman–Crippen LogP) is 5.15. The highest BCUT2D eigenvalue weighted by molar-refractivity contribution is 6.32. The van der Waals surface area contributed by atoms with Crippen molar-refractivity contribution in [2.24, 2.45) is 0 Å². The normalized spacial score (nSPS) is 16.6. The first kappa shape index (κ1) is 19.7. The molecule has 5 nitrogen and oxygen atoms in total. The molecule has 0 saturated heterocycles. The Labute approximate surface area is 183 Å². The number of hydrogen-bond acceptors (Lipinski definition) is 5. The van der Waals surface area contributed by atoms with Crippen LogP contribution in [0.25, 0.3) is 6.08 Å². The third kappa shape index (κ3) is 3.58. The topological polar surface area (TPSA) is 51.7 Å². The third-order valence-corrected chi connectivity index (χ3v) is 5.72. The van der Waals surface area contributed by atoms with Crippen molar-refractivity contribution in [3.63, 3.8) is 0 Å². The summed E-state index contributed by atoms with van der Waals surface area (Å²) < 4.78 is 26.2. The van der Waals surface area contributed by atoms with Gasteiger partial charge in [0.25, 0.3) is 0 Å². The van der Waals surface area contributed by atoms with Crippen LogP contribution >= 0.6 is 11.6 Å². The van der Waals surface area contributed by atoms with Crippen molar-refractivity contribution in [3.8, 4) is 11.5 Å². The van der Waals surface area contributed by atoms with Crippen molar-refractivity contribution in [2.75, 3.05) is 6.73 Å². The number of ether oxygens (including phenoxy) is 2. The first-order chi connectivity index (χ1) is 15.0. The highest BCUT2D eigenvalue weighted by Gasteiger charge is 2.35. The second-order valence-corrected chi connectivity index (χ2v) is 7.98. The number of halogens is 2. The van der Waals surface area contributed by atoms with Gasteiger partial charge in [-0.2, -0.15) is 0 Å². The zero-order valence-corrected chi connectivity index (χ0v) is 17.4. The minimum absolute atomic E-state index is 0.0443. The van der Waals surface area contributed by atoms with Crippen molar-refractivity contribution in [1.82, 2.24) is 9.88 Å². The lowest BCUT2D eigenvalue weighted by Gasteiger charge is -2.30. The van der Waals surface area contributed by atoms with Crippen molar-refractivity contribution < 1.29 is 18.7 Å². The van der Waals surface area contributed by atoms with Gasteiger partial charge in [-0.05, 0) is 48.4 Å². The first-order valence-corrected chi connectivity index (χ1v) is 10.2. The predicted molar refractivity (Wildman–Crippen MR) is 115 cm³/mol. The number of carbonyl (C=O) groups excluding carboxylic acids is 1. The van der Waals surface area contributed by atoms with Crippen LogP contribution in [-0.2, 0) is 13.1 Å². The van der Waals surface area contributed by atoms with E-state index in [0.717, 1.165) is 16.7 Å². The highest BCUT2D eigenvalue weighted by atomic mass is 35.5. The van der Waals surface area contributed by atoms with Gasteiger partial charge in [-0.1, -0.05) is 23.7 Å². The largest absolute Gasteiger partial charge is 0.478 e. The Morgan fingerprint density at radius 1 is 1.29 bits per heavy atom. The Kier molecular flexibility index (Phi) is 4.96. The number of aromatic nitrogens is 1. The minimum Gasteiger partial charge on any atom is -0.478 e. The molecule has 3 aromatic rings. The molecule has 1 aromatic heterocycles. The SMILES string of the molecule is Cc1cc2c(c3c1C(=O)/C(=C/c1c(F)cccc1Cl)O3)CN(Cc1cccnc1)CO2. The molecule has 156 valence electrons. The molecule has 0 atom stereocenters. The lowest BCUT2D eigenvalue weighted by molar-refractivity contribution is 0.0871. The van der Waals surface area contributed by atoms with Gasteiger partial charge in [-0.25, -0.2) is 4.39 Å². The fourth-order valence-corrected chi connectivity index (χ4v) is 4.12. The van der Waals surface area contributed by atoms with Crippen molar-refractivity contribution >= 4 is 23.5 Å². The molecule has 31 heavy (non-hydrogen) atoms. The molecule has 0 spiro atoms. The van der Waals surface area contributed by atoms with Crippen LogP contribution in [0.2, 0.25) is 5.02 Å². The van der Waals surface area contributed by atoms with E-state index in [1.165, 1.54) is 18.2 Å². The van der Waals surface area contributed by atoms with Crippen LogP contribution in [0.4, 0.5) is 4.39 Å². The zero-order chi connectivity index (χ0) is 21.5. The summed E-state index contributed by atoms with van der Waals surface area (Å²) in [6.45, 7) is 3.46. The number of carbonyl (C=O) groups is 1. The number of benzene rings is 2. The van der Waals surface area contributed by atoms with Gasteiger partial charge in [0.2, 0.25) is 5.78 Å². The van der Waals surface area contributed by atoms with Gasteiger partial charge in [0, 0.05) is 31.0 Å². The van der Waals surface area contributed by atoms with Crippen LogP contribution in [0.5, 0.6) is 11.5 Å². The van der Waals surface area contributed by atoms with Gasteiger partial charge in [0.05, 0.1) is 16.1 Å². The average molecular weight is 437 g/mol. The van der Waals surface area contributed by atoms with Crippen molar-refractivity contribution in [1.29, 1.82) is 0 Å². The lowest BCUT2D eigenvalue weighted by atomic mass is 9.98. The second-order valence-electron chi connectivity index (χ2n) is 7.57. The van der Waals surface area contributed by atoms with Crippen LogP contribution < -0.4 is 9.47 Å². The quantitative estimate of drug-likeness (QED) is 0.531. The molecule has 0 N–H and O–H groups in total. The number of allylic oxidation sites excluding steroid dienone is 1. The van der Waals surface area contributed by atoms with Crippen LogP contribution in [-0.4, -0.2) is 22.4 Å². The van der Waals surface area contributed by atoms with Gasteiger partial charge < -0.3 is 9.47 Å². The Bertz CT molecular complexity index is 1210. The molecule has 3 heterocycles. The van der Waals surface area contributed by atoms with E-state index in [0.29, 0.717) is 36.9 Å². The van der Waals surface area contributed by atoms with Crippen molar-refractivity contribution in [3.05, 3.63) is 93.2 Å². The average Bonchev–Trinajstić information content (AvgIpc) is 3.09. The molecule has 0 fully saturated rings. The van der Waals surface area contributed by atoms with Gasteiger partial charge >= 0.3 is 0 Å². The number of pyridine rings is 1. The fraction of sp³-hybridized carbons (Fsp3) is 0.167.